The van der Waals surface area contributed by atoms with Crippen molar-refractivity contribution in [2.45, 2.75) is 115 Å². The van der Waals surface area contributed by atoms with Crippen LogP contribution in [0.1, 0.15) is 67.2 Å². The lowest BCUT2D eigenvalue weighted by Crippen LogP contribution is -2.68. The first-order valence-corrected chi connectivity index (χ1v) is 16.8. The summed E-state index contributed by atoms with van der Waals surface area (Å²) in [5, 5.41) is 0.0921. The predicted molar refractivity (Wildman–Crippen MR) is 124 cm³/mol. The van der Waals surface area contributed by atoms with Gasteiger partial charge in [0, 0.05) is 0 Å². The predicted octanol–water partition coefficient (Wildman–Crippen LogP) is 6.71. The molecule has 1 unspecified atom stereocenters. The zero-order chi connectivity index (χ0) is 21.8. The monoisotopic (exact) mass is 424 g/mol. The summed E-state index contributed by atoms with van der Waals surface area (Å²) >= 11 is 0. The molecule has 0 amide bonds. The average Bonchev–Trinajstić information content (AvgIpc) is 3.39. The Balaban J connectivity index is 2.62. The van der Waals surface area contributed by atoms with Crippen LogP contribution in [-0.4, -0.2) is 34.1 Å². The van der Waals surface area contributed by atoms with Crippen molar-refractivity contribution in [3.8, 4) is 0 Å². The fourth-order valence-electron chi connectivity index (χ4n) is 3.72. The molecule has 2 aliphatic carbocycles. The highest BCUT2D eigenvalue weighted by Gasteiger charge is 2.68. The molecule has 162 valence electrons. The van der Waals surface area contributed by atoms with E-state index in [0.717, 1.165) is 32.0 Å². The minimum absolute atomic E-state index is 0.0313. The summed E-state index contributed by atoms with van der Waals surface area (Å²) in [6.45, 7) is 26.8. The molecule has 0 bridgehead atoms. The largest absolute Gasteiger partial charge is 0.404 e. The Labute approximate surface area is 175 Å². The van der Waals surface area contributed by atoms with Gasteiger partial charge in [-0.3, -0.25) is 0 Å². The number of carbonyl (C=O) groups excluding carboxylic acids is 1. The van der Waals surface area contributed by atoms with Crippen molar-refractivity contribution < 1.29 is 13.6 Å². The van der Waals surface area contributed by atoms with Gasteiger partial charge in [-0.1, -0.05) is 47.6 Å². The lowest BCUT2D eigenvalue weighted by molar-refractivity contribution is -0.152. The van der Waals surface area contributed by atoms with E-state index >= 15 is 0 Å². The van der Waals surface area contributed by atoms with E-state index in [1.165, 1.54) is 0 Å². The van der Waals surface area contributed by atoms with Gasteiger partial charge in [-0.2, -0.15) is 0 Å². The van der Waals surface area contributed by atoms with Crippen LogP contribution in [0.15, 0.2) is 12.7 Å². The third-order valence-corrected chi connectivity index (χ3v) is 16.8. The van der Waals surface area contributed by atoms with Crippen LogP contribution in [0.4, 0.5) is 0 Å². The molecule has 0 aromatic rings. The SMILES string of the molecule is C=CC(O[Si](C)(C)C(C)(C)C)(C1CC1)[C@@](C=O)(O[Si](C)(C)C(C)(C)C)C1CC1. The number of hydrogen-bond donors (Lipinski definition) is 0. The van der Waals surface area contributed by atoms with Gasteiger partial charge in [0.15, 0.2) is 22.9 Å². The molecule has 2 atom stereocenters. The highest BCUT2D eigenvalue weighted by molar-refractivity contribution is 6.75. The maximum absolute atomic E-state index is 13.0. The molecule has 3 nitrogen and oxygen atoms in total. The number of aldehydes is 1. The van der Waals surface area contributed by atoms with Gasteiger partial charge in [0.2, 0.25) is 0 Å². The maximum atomic E-state index is 13.0. The van der Waals surface area contributed by atoms with Crippen LogP contribution < -0.4 is 0 Å². The first kappa shape index (κ1) is 24.0. The van der Waals surface area contributed by atoms with Crippen LogP contribution in [0.2, 0.25) is 36.3 Å². The van der Waals surface area contributed by atoms with Crippen molar-refractivity contribution in [2.24, 2.45) is 11.8 Å². The lowest BCUT2D eigenvalue weighted by atomic mass is 9.76. The number of hydrogen-bond acceptors (Lipinski definition) is 3. The highest BCUT2D eigenvalue weighted by Crippen LogP contribution is 2.60. The minimum Gasteiger partial charge on any atom is -0.404 e. The van der Waals surface area contributed by atoms with Gasteiger partial charge >= 0.3 is 0 Å². The molecule has 0 heterocycles. The molecule has 0 aromatic heterocycles. The Morgan fingerprint density at radius 1 is 0.750 bits per heavy atom. The summed E-state index contributed by atoms with van der Waals surface area (Å²) in [6.07, 6.45) is 7.34. The summed E-state index contributed by atoms with van der Waals surface area (Å²) < 4.78 is 14.2. The molecule has 5 heteroatoms. The van der Waals surface area contributed by atoms with Gasteiger partial charge in [-0.05, 0) is 73.8 Å². The van der Waals surface area contributed by atoms with Gasteiger partial charge in [0.25, 0.3) is 0 Å². The van der Waals surface area contributed by atoms with E-state index in [4.69, 9.17) is 8.85 Å². The number of carbonyl (C=O) groups is 1. The van der Waals surface area contributed by atoms with E-state index < -0.39 is 27.8 Å². The van der Waals surface area contributed by atoms with E-state index in [1.807, 2.05) is 6.08 Å². The molecular weight excluding hydrogens is 380 g/mol. The summed E-state index contributed by atoms with van der Waals surface area (Å²) in [6, 6.07) is 0. The fourth-order valence-corrected chi connectivity index (χ4v) is 6.80. The van der Waals surface area contributed by atoms with Crippen LogP contribution in [0.5, 0.6) is 0 Å². The van der Waals surface area contributed by atoms with Gasteiger partial charge in [0.05, 0.1) is 0 Å². The Kier molecular flexibility index (Phi) is 6.16. The van der Waals surface area contributed by atoms with Crippen molar-refractivity contribution >= 4 is 22.9 Å². The maximum Gasteiger partial charge on any atom is 0.193 e. The van der Waals surface area contributed by atoms with E-state index in [0.29, 0.717) is 5.92 Å². The van der Waals surface area contributed by atoms with Crippen LogP contribution in [0.3, 0.4) is 0 Å². The van der Waals surface area contributed by atoms with Gasteiger partial charge in [0.1, 0.15) is 11.2 Å². The third-order valence-electron chi connectivity index (χ3n) is 7.92. The highest BCUT2D eigenvalue weighted by atomic mass is 28.4. The summed E-state index contributed by atoms with van der Waals surface area (Å²) in [7, 11) is -4.34. The van der Waals surface area contributed by atoms with E-state index in [-0.39, 0.29) is 16.0 Å². The molecule has 0 N–H and O–H groups in total. The first-order valence-electron chi connectivity index (χ1n) is 11.0. The molecule has 0 spiro atoms. The van der Waals surface area contributed by atoms with Crippen molar-refractivity contribution in [1.82, 2.24) is 0 Å². The van der Waals surface area contributed by atoms with Crippen LogP contribution in [0, 0.1) is 11.8 Å². The smallest absolute Gasteiger partial charge is 0.193 e. The molecule has 0 aliphatic heterocycles. The normalized spacial score (nSPS) is 23.6. The van der Waals surface area contributed by atoms with Crippen molar-refractivity contribution in [3.63, 3.8) is 0 Å². The Bertz CT molecular complexity index is 552. The second kappa shape index (κ2) is 7.17. The molecule has 2 saturated carbocycles. The molecule has 0 saturated heterocycles. The van der Waals surface area contributed by atoms with Gasteiger partial charge in [-0.15, -0.1) is 6.58 Å². The molecule has 0 aromatic carbocycles. The fraction of sp³-hybridized carbons (Fsp3) is 0.870. The standard InChI is InChI=1S/C23H44O3Si2/c1-12-22(18-13-14-18,25-27(8,9)20(2,3)4)23(17-24,19-15-16-19)26-28(10,11)21(5,6)7/h12,17-19H,1,13-16H2,2-11H3/t22?,23-/m0/s1. The topological polar surface area (TPSA) is 35.5 Å². The molecule has 2 rings (SSSR count). The zero-order valence-corrected chi connectivity index (χ0v) is 22.1. The second-order valence-electron chi connectivity index (χ2n) is 12.2. The summed E-state index contributed by atoms with van der Waals surface area (Å²) in [5.41, 5.74) is -1.62. The third kappa shape index (κ3) is 4.01. The molecule has 2 fully saturated rings. The van der Waals surface area contributed by atoms with Crippen molar-refractivity contribution in [3.05, 3.63) is 12.7 Å². The second-order valence-corrected chi connectivity index (χ2v) is 21.6. The zero-order valence-electron chi connectivity index (χ0n) is 20.1. The number of rotatable bonds is 9. The van der Waals surface area contributed by atoms with Crippen molar-refractivity contribution in [2.75, 3.05) is 0 Å². The summed E-state index contributed by atoms with van der Waals surface area (Å²) in [5.74, 6) is 0.567. The molecule has 28 heavy (non-hydrogen) atoms. The Hall–Kier alpha value is -0.236. The molecule has 0 radical (unpaired) electrons. The lowest BCUT2D eigenvalue weighted by Gasteiger charge is -2.55. The van der Waals surface area contributed by atoms with Gasteiger partial charge in [-0.25, -0.2) is 0 Å². The Morgan fingerprint density at radius 2 is 1.07 bits per heavy atom. The first-order chi connectivity index (χ1) is 12.5. The van der Waals surface area contributed by atoms with Crippen LogP contribution in [-0.2, 0) is 13.6 Å². The van der Waals surface area contributed by atoms with Crippen LogP contribution >= 0.6 is 0 Å². The summed E-state index contributed by atoms with van der Waals surface area (Å²) in [4.78, 5) is 13.0. The molecular formula is C23H44O3Si2. The Morgan fingerprint density at radius 3 is 1.32 bits per heavy atom. The van der Waals surface area contributed by atoms with E-state index in [2.05, 4.69) is 74.3 Å². The quantitative estimate of drug-likeness (QED) is 0.234. The van der Waals surface area contributed by atoms with E-state index in [9.17, 15) is 4.79 Å². The minimum atomic E-state index is -2.19. The average molecular weight is 425 g/mol. The van der Waals surface area contributed by atoms with Gasteiger partial charge < -0.3 is 13.6 Å². The van der Waals surface area contributed by atoms with Crippen LogP contribution in [0.25, 0.3) is 0 Å². The van der Waals surface area contributed by atoms with Crippen molar-refractivity contribution in [1.29, 1.82) is 0 Å². The van der Waals surface area contributed by atoms with E-state index in [1.54, 1.807) is 0 Å². The molecule has 2 aliphatic rings.